The van der Waals surface area contributed by atoms with Crippen molar-refractivity contribution in [1.29, 1.82) is 0 Å². The van der Waals surface area contributed by atoms with Crippen LogP contribution in [0.4, 0.5) is 18.0 Å². The van der Waals surface area contributed by atoms with Gasteiger partial charge >= 0.3 is 12.3 Å². The molecule has 1 rings (SSSR count). The van der Waals surface area contributed by atoms with Crippen molar-refractivity contribution in [3.63, 3.8) is 0 Å². The number of alkyl halides is 3. The minimum absolute atomic E-state index is 0.0401. The predicted molar refractivity (Wildman–Crippen MR) is 87.8 cm³/mol. The van der Waals surface area contributed by atoms with Gasteiger partial charge in [0.15, 0.2) is 0 Å². The molecule has 142 valence electrons. The Morgan fingerprint density at radius 3 is 2.38 bits per heavy atom. The van der Waals surface area contributed by atoms with Gasteiger partial charge in [0.2, 0.25) is 0 Å². The van der Waals surface area contributed by atoms with E-state index in [4.69, 9.17) is 4.74 Å². The van der Waals surface area contributed by atoms with Crippen LogP contribution in [0.15, 0.2) is 0 Å². The molecule has 3 unspecified atom stereocenters. The van der Waals surface area contributed by atoms with Crippen molar-refractivity contribution < 1.29 is 22.7 Å². The molecule has 7 heteroatoms. The monoisotopic (exact) mass is 352 g/mol. The van der Waals surface area contributed by atoms with Gasteiger partial charge in [-0.15, -0.1) is 0 Å². The molecule has 0 aliphatic heterocycles. The Bertz CT molecular complexity index is 408. The molecule has 1 fully saturated rings. The lowest BCUT2D eigenvalue weighted by Gasteiger charge is -2.34. The smallest absolute Gasteiger partial charge is 0.410 e. The van der Waals surface area contributed by atoms with E-state index >= 15 is 0 Å². The summed E-state index contributed by atoms with van der Waals surface area (Å²) in [5, 5.41) is 3.07. The number of carbonyl (C=O) groups is 1. The van der Waals surface area contributed by atoms with Crippen LogP contribution in [-0.4, -0.2) is 48.9 Å². The zero-order valence-corrected chi connectivity index (χ0v) is 15.4. The summed E-state index contributed by atoms with van der Waals surface area (Å²) in [5.41, 5.74) is -0.561. The Kier molecular flexibility index (Phi) is 7.38. The van der Waals surface area contributed by atoms with Gasteiger partial charge in [0, 0.05) is 19.6 Å². The second-order valence-electron chi connectivity index (χ2n) is 7.91. The van der Waals surface area contributed by atoms with Gasteiger partial charge in [0.1, 0.15) is 5.60 Å². The average molecular weight is 352 g/mol. The number of carbonyl (C=O) groups excluding carboxylic acids is 1. The largest absolute Gasteiger partial charge is 0.444 e. The highest BCUT2D eigenvalue weighted by atomic mass is 19.4. The summed E-state index contributed by atoms with van der Waals surface area (Å²) in [6, 6.07) is -0.520. The fourth-order valence-electron chi connectivity index (χ4n) is 3.07. The highest BCUT2D eigenvalue weighted by molar-refractivity contribution is 5.67. The summed E-state index contributed by atoms with van der Waals surface area (Å²) in [6.45, 7) is 8.19. The quantitative estimate of drug-likeness (QED) is 0.806. The molecule has 0 heterocycles. The number of nitrogens with one attached hydrogen (secondary N) is 1. The second kappa shape index (κ2) is 8.41. The first-order valence-corrected chi connectivity index (χ1v) is 8.64. The number of hydrogen-bond donors (Lipinski definition) is 1. The second-order valence-corrected chi connectivity index (χ2v) is 7.91. The van der Waals surface area contributed by atoms with E-state index in [2.05, 4.69) is 5.32 Å². The Morgan fingerprint density at radius 1 is 1.25 bits per heavy atom. The molecule has 1 aliphatic carbocycles. The molecular weight excluding hydrogens is 321 g/mol. The van der Waals surface area contributed by atoms with E-state index in [-0.39, 0.29) is 12.3 Å². The zero-order chi connectivity index (χ0) is 18.5. The van der Waals surface area contributed by atoms with E-state index in [0.717, 1.165) is 6.42 Å². The molecule has 0 saturated heterocycles. The van der Waals surface area contributed by atoms with Crippen molar-refractivity contribution >= 4 is 6.09 Å². The fourth-order valence-corrected chi connectivity index (χ4v) is 3.07. The van der Waals surface area contributed by atoms with Crippen LogP contribution >= 0.6 is 0 Å². The van der Waals surface area contributed by atoms with Crippen molar-refractivity contribution in [2.45, 2.75) is 71.2 Å². The maximum atomic E-state index is 13.1. The van der Waals surface area contributed by atoms with Gasteiger partial charge in [-0.25, -0.2) is 4.79 Å². The molecule has 1 N–H and O–H groups in total. The number of ether oxygens (including phenoxy) is 1. The lowest BCUT2D eigenvalue weighted by atomic mass is 9.84. The summed E-state index contributed by atoms with van der Waals surface area (Å²) >= 11 is 0. The van der Waals surface area contributed by atoms with Crippen molar-refractivity contribution in [3.05, 3.63) is 0 Å². The first-order valence-electron chi connectivity index (χ1n) is 8.64. The highest BCUT2D eigenvalue weighted by Gasteiger charge is 2.45. The summed E-state index contributed by atoms with van der Waals surface area (Å²) in [5.74, 6) is -1.22. The maximum absolute atomic E-state index is 13.1. The van der Waals surface area contributed by atoms with Gasteiger partial charge in [-0.05, 0) is 46.1 Å². The van der Waals surface area contributed by atoms with Gasteiger partial charge < -0.3 is 15.0 Å². The highest BCUT2D eigenvalue weighted by Crippen LogP contribution is 2.37. The Balaban J connectivity index is 2.44. The molecule has 1 amide bonds. The van der Waals surface area contributed by atoms with Crippen molar-refractivity contribution in [2.75, 3.05) is 20.1 Å². The Hall–Kier alpha value is -0.980. The van der Waals surface area contributed by atoms with Crippen LogP contribution in [0.1, 0.15) is 53.4 Å². The fraction of sp³-hybridized carbons (Fsp3) is 0.941. The van der Waals surface area contributed by atoms with E-state index in [1.54, 1.807) is 27.8 Å². The van der Waals surface area contributed by atoms with Crippen molar-refractivity contribution in [3.8, 4) is 0 Å². The molecule has 0 aromatic rings. The number of amides is 1. The van der Waals surface area contributed by atoms with E-state index < -0.39 is 29.8 Å². The van der Waals surface area contributed by atoms with E-state index in [1.807, 2.05) is 6.92 Å². The maximum Gasteiger partial charge on any atom is 0.410 e. The lowest BCUT2D eigenvalue weighted by Crippen LogP contribution is -2.47. The summed E-state index contributed by atoms with van der Waals surface area (Å²) in [7, 11) is 1.64. The van der Waals surface area contributed by atoms with Gasteiger partial charge in [-0.3, -0.25) is 0 Å². The van der Waals surface area contributed by atoms with Crippen LogP contribution in [0.25, 0.3) is 0 Å². The third-order valence-electron chi connectivity index (χ3n) is 4.21. The average Bonchev–Trinajstić information content (AvgIpc) is 2.42. The predicted octanol–water partition coefficient (Wildman–Crippen LogP) is 4.20. The Labute approximate surface area is 143 Å². The van der Waals surface area contributed by atoms with E-state index in [0.29, 0.717) is 25.9 Å². The minimum Gasteiger partial charge on any atom is -0.444 e. The molecule has 0 bridgehead atoms. The molecule has 24 heavy (non-hydrogen) atoms. The van der Waals surface area contributed by atoms with Gasteiger partial charge in [0.25, 0.3) is 0 Å². The number of halogens is 3. The summed E-state index contributed by atoms with van der Waals surface area (Å²) < 4.78 is 44.5. The number of rotatable bonds is 5. The molecular formula is C17H31F3N2O2. The van der Waals surface area contributed by atoms with Crippen molar-refractivity contribution in [2.24, 2.45) is 11.8 Å². The van der Waals surface area contributed by atoms with Gasteiger partial charge in [-0.2, -0.15) is 13.2 Å². The van der Waals surface area contributed by atoms with Crippen LogP contribution < -0.4 is 5.32 Å². The first kappa shape index (κ1) is 21.1. The first-order chi connectivity index (χ1) is 10.9. The third-order valence-corrected chi connectivity index (χ3v) is 4.21. The molecule has 0 radical (unpaired) electrons. The SMILES string of the molecule is CC(CNC1CCCCC1C(F)(F)F)CN(C)C(=O)OC(C)(C)C. The standard InChI is InChI=1S/C17H31F3N2O2/c1-12(11-22(5)15(23)24-16(2,3)4)10-21-14-9-7-6-8-13(14)17(18,19)20/h12-14,21H,6-11H2,1-5H3. The molecule has 3 atom stereocenters. The molecule has 1 aliphatic rings. The Morgan fingerprint density at radius 2 is 1.83 bits per heavy atom. The lowest BCUT2D eigenvalue weighted by molar-refractivity contribution is -0.189. The van der Waals surface area contributed by atoms with E-state index in [9.17, 15) is 18.0 Å². The van der Waals surface area contributed by atoms with Crippen LogP contribution in [0.5, 0.6) is 0 Å². The number of nitrogens with zero attached hydrogens (tertiary/aromatic N) is 1. The molecule has 0 aromatic heterocycles. The van der Waals surface area contributed by atoms with Crippen LogP contribution in [0.2, 0.25) is 0 Å². The number of hydrogen-bond acceptors (Lipinski definition) is 3. The van der Waals surface area contributed by atoms with Crippen LogP contribution in [-0.2, 0) is 4.74 Å². The topological polar surface area (TPSA) is 41.6 Å². The minimum atomic E-state index is -4.14. The molecule has 4 nitrogen and oxygen atoms in total. The normalized spacial score (nSPS) is 23.7. The van der Waals surface area contributed by atoms with Gasteiger partial charge in [0.05, 0.1) is 5.92 Å². The van der Waals surface area contributed by atoms with Gasteiger partial charge in [-0.1, -0.05) is 19.8 Å². The van der Waals surface area contributed by atoms with E-state index in [1.165, 1.54) is 4.90 Å². The van der Waals surface area contributed by atoms with Crippen molar-refractivity contribution in [1.82, 2.24) is 10.2 Å². The summed E-state index contributed by atoms with van der Waals surface area (Å²) in [4.78, 5) is 13.4. The third kappa shape index (κ3) is 7.28. The molecule has 0 aromatic carbocycles. The molecule has 0 spiro atoms. The molecule has 1 saturated carbocycles. The summed E-state index contributed by atoms with van der Waals surface area (Å²) in [6.07, 6.45) is -2.34. The van der Waals surface area contributed by atoms with Crippen LogP contribution in [0.3, 0.4) is 0 Å². The van der Waals surface area contributed by atoms with Crippen LogP contribution in [0, 0.1) is 11.8 Å². The zero-order valence-electron chi connectivity index (χ0n) is 15.4.